The first-order valence-electron chi connectivity index (χ1n) is 6.94. The maximum absolute atomic E-state index is 12.2. The lowest BCUT2D eigenvalue weighted by Gasteiger charge is -2.04. The fourth-order valence-corrected chi connectivity index (χ4v) is 2.32. The van der Waals surface area contributed by atoms with Crippen LogP contribution in [-0.4, -0.2) is 19.7 Å². The van der Waals surface area contributed by atoms with Crippen LogP contribution in [0.3, 0.4) is 0 Å². The second kappa shape index (κ2) is 5.93. The monoisotopic (exact) mass is 296 g/mol. The zero-order valence-corrected chi connectivity index (χ0v) is 12.5. The Hall–Kier alpha value is -2.75. The number of hydrogen-bond acceptors (Lipinski definition) is 4. The molecule has 1 aliphatic heterocycles. The zero-order chi connectivity index (χ0) is 15.5. The van der Waals surface area contributed by atoms with Gasteiger partial charge < -0.3 is 14.2 Å². The maximum Gasteiger partial charge on any atom is 0.231 e. The van der Waals surface area contributed by atoms with E-state index < -0.39 is 0 Å². The number of ether oxygens (including phenoxy) is 3. The summed E-state index contributed by atoms with van der Waals surface area (Å²) in [6.45, 7) is 2.17. The van der Waals surface area contributed by atoms with Crippen LogP contribution in [0.2, 0.25) is 0 Å². The van der Waals surface area contributed by atoms with Crippen molar-refractivity contribution in [1.82, 2.24) is 0 Å². The molecule has 0 atom stereocenters. The molecule has 0 aliphatic carbocycles. The van der Waals surface area contributed by atoms with E-state index in [0.717, 1.165) is 16.9 Å². The van der Waals surface area contributed by atoms with Crippen LogP contribution in [0, 0.1) is 6.92 Å². The molecule has 0 fully saturated rings. The number of methoxy groups -OCH3 is 1. The number of benzene rings is 2. The molecule has 0 aromatic heterocycles. The van der Waals surface area contributed by atoms with Gasteiger partial charge in [0.1, 0.15) is 5.75 Å². The number of carbonyl (C=O) groups excluding carboxylic acids is 1. The van der Waals surface area contributed by atoms with E-state index in [1.54, 1.807) is 37.5 Å². The van der Waals surface area contributed by atoms with E-state index in [1.165, 1.54) is 0 Å². The van der Waals surface area contributed by atoms with Gasteiger partial charge >= 0.3 is 0 Å². The van der Waals surface area contributed by atoms with E-state index in [2.05, 4.69) is 0 Å². The third kappa shape index (κ3) is 2.81. The molecule has 4 heteroatoms. The Labute approximate surface area is 128 Å². The summed E-state index contributed by atoms with van der Waals surface area (Å²) in [6, 6.07) is 11.0. The van der Waals surface area contributed by atoms with Crippen molar-refractivity contribution in [2.24, 2.45) is 0 Å². The quantitative estimate of drug-likeness (QED) is 0.638. The normalized spacial score (nSPS) is 12.6. The second-order valence-electron chi connectivity index (χ2n) is 4.99. The predicted molar refractivity (Wildman–Crippen MR) is 83.7 cm³/mol. The average Bonchev–Trinajstić information content (AvgIpc) is 3.00. The van der Waals surface area contributed by atoms with Gasteiger partial charge in [-0.15, -0.1) is 0 Å². The van der Waals surface area contributed by atoms with Crippen LogP contribution in [0.1, 0.15) is 21.5 Å². The number of fused-ring (bicyclic) bond motifs is 1. The van der Waals surface area contributed by atoms with Crippen LogP contribution in [0.15, 0.2) is 42.5 Å². The Bertz CT molecular complexity index is 747. The fraction of sp³-hybridized carbons (Fsp3) is 0.167. The SMILES string of the molecule is COc1ccc(/C=C/C(=O)c2ccc3c(c2)OCO3)cc1C. The van der Waals surface area contributed by atoms with E-state index in [-0.39, 0.29) is 12.6 Å². The van der Waals surface area contributed by atoms with Crippen molar-refractivity contribution in [3.05, 3.63) is 59.2 Å². The minimum atomic E-state index is -0.0771. The third-order valence-corrected chi connectivity index (χ3v) is 3.50. The molecule has 2 aromatic rings. The van der Waals surface area contributed by atoms with Crippen molar-refractivity contribution in [2.75, 3.05) is 13.9 Å². The Kier molecular flexibility index (Phi) is 3.83. The third-order valence-electron chi connectivity index (χ3n) is 3.50. The van der Waals surface area contributed by atoms with Crippen molar-refractivity contribution in [1.29, 1.82) is 0 Å². The van der Waals surface area contributed by atoms with Crippen LogP contribution in [-0.2, 0) is 0 Å². The summed E-state index contributed by atoms with van der Waals surface area (Å²) in [5.74, 6) is 2.04. The summed E-state index contributed by atoms with van der Waals surface area (Å²) in [4.78, 5) is 12.2. The molecule has 0 unspecified atom stereocenters. The second-order valence-corrected chi connectivity index (χ2v) is 4.99. The number of rotatable bonds is 4. The lowest BCUT2D eigenvalue weighted by atomic mass is 10.1. The van der Waals surface area contributed by atoms with Gasteiger partial charge in [-0.1, -0.05) is 12.1 Å². The largest absolute Gasteiger partial charge is 0.496 e. The van der Waals surface area contributed by atoms with Gasteiger partial charge in [0.25, 0.3) is 0 Å². The predicted octanol–water partition coefficient (Wildman–Crippen LogP) is 3.63. The molecule has 1 aliphatic rings. The van der Waals surface area contributed by atoms with E-state index in [9.17, 15) is 4.79 Å². The lowest BCUT2D eigenvalue weighted by Crippen LogP contribution is -1.94. The van der Waals surface area contributed by atoms with E-state index >= 15 is 0 Å². The summed E-state index contributed by atoms with van der Waals surface area (Å²) >= 11 is 0. The van der Waals surface area contributed by atoms with Crippen LogP contribution in [0.4, 0.5) is 0 Å². The topological polar surface area (TPSA) is 44.8 Å². The Morgan fingerprint density at radius 3 is 2.73 bits per heavy atom. The number of carbonyl (C=O) groups is 1. The first-order valence-corrected chi connectivity index (χ1v) is 6.94. The van der Waals surface area contributed by atoms with Crippen LogP contribution in [0.25, 0.3) is 6.08 Å². The number of aryl methyl sites for hydroxylation is 1. The fourth-order valence-electron chi connectivity index (χ4n) is 2.32. The number of ketones is 1. The zero-order valence-electron chi connectivity index (χ0n) is 12.5. The molecule has 0 bridgehead atoms. The van der Waals surface area contributed by atoms with Gasteiger partial charge in [-0.05, 0) is 54.5 Å². The van der Waals surface area contributed by atoms with Crippen molar-refractivity contribution in [3.63, 3.8) is 0 Å². The smallest absolute Gasteiger partial charge is 0.231 e. The van der Waals surface area contributed by atoms with Gasteiger partial charge in [0, 0.05) is 5.56 Å². The molecule has 112 valence electrons. The van der Waals surface area contributed by atoms with Gasteiger partial charge in [-0.25, -0.2) is 0 Å². The van der Waals surface area contributed by atoms with E-state index in [0.29, 0.717) is 17.1 Å². The first-order chi connectivity index (χ1) is 10.7. The lowest BCUT2D eigenvalue weighted by molar-refractivity contribution is 0.104. The summed E-state index contributed by atoms with van der Waals surface area (Å²) in [5, 5.41) is 0. The first kappa shape index (κ1) is 14.2. The average molecular weight is 296 g/mol. The molecule has 22 heavy (non-hydrogen) atoms. The summed E-state index contributed by atoms with van der Waals surface area (Å²) in [6.07, 6.45) is 3.35. The highest BCUT2D eigenvalue weighted by Gasteiger charge is 2.15. The molecule has 1 heterocycles. The van der Waals surface area contributed by atoms with Gasteiger partial charge in [0.05, 0.1) is 7.11 Å². The van der Waals surface area contributed by atoms with Crippen LogP contribution >= 0.6 is 0 Å². The van der Waals surface area contributed by atoms with E-state index in [1.807, 2.05) is 25.1 Å². The van der Waals surface area contributed by atoms with Crippen LogP contribution in [0.5, 0.6) is 17.2 Å². The molecule has 3 rings (SSSR count). The Balaban J connectivity index is 1.77. The van der Waals surface area contributed by atoms with Gasteiger partial charge in [-0.3, -0.25) is 4.79 Å². The molecule has 2 aromatic carbocycles. The maximum atomic E-state index is 12.2. The highest BCUT2D eigenvalue weighted by molar-refractivity contribution is 6.07. The van der Waals surface area contributed by atoms with Gasteiger partial charge in [0.2, 0.25) is 6.79 Å². The molecule has 0 saturated heterocycles. The van der Waals surface area contributed by atoms with Crippen molar-refractivity contribution >= 4 is 11.9 Å². The van der Waals surface area contributed by atoms with Gasteiger partial charge in [0.15, 0.2) is 17.3 Å². The summed E-state index contributed by atoms with van der Waals surface area (Å²) in [7, 11) is 1.64. The van der Waals surface area contributed by atoms with Crippen molar-refractivity contribution < 1.29 is 19.0 Å². The highest BCUT2D eigenvalue weighted by atomic mass is 16.7. The van der Waals surface area contributed by atoms with Gasteiger partial charge in [-0.2, -0.15) is 0 Å². The van der Waals surface area contributed by atoms with Crippen molar-refractivity contribution in [2.45, 2.75) is 6.92 Å². The standard InChI is InChI=1S/C18H16O4/c1-12-9-13(4-7-16(12)20-2)3-6-15(19)14-5-8-17-18(10-14)22-11-21-17/h3-10H,11H2,1-2H3/b6-3+. The number of hydrogen-bond donors (Lipinski definition) is 0. The van der Waals surface area contributed by atoms with Crippen molar-refractivity contribution in [3.8, 4) is 17.2 Å². The van der Waals surface area contributed by atoms with E-state index in [4.69, 9.17) is 14.2 Å². The molecule has 0 spiro atoms. The Morgan fingerprint density at radius 2 is 1.95 bits per heavy atom. The molecule has 0 N–H and O–H groups in total. The molecular formula is C18H16O4. The minimum absolute atomic E-state index is 0.0771. The number of allylic oxidation sites excluding steroid dienone is 1. The Morgan fingerprint density at radius 1 is 1.14 bits per heavy atom. The molecule has 0 amide bonds. The molecule has 0 saturated carbocycles. The summed E-state index contributed by atoms with van der Waals surface area (Å²) in [5.41, 5.74) is 2.55. The highest BCUT2D eigenvalue weighted by Crippen LogP contribution is 2.32. The van der Waals surface area contributed by atoms with Crippen LogP contribution < -0.4 is 14.2 Å². The minimum Gasteiger partial charge on any atom is -0.496 e. The molecule has 0 radical (unpaired) electrons. The molecule has 4 nitrogen and oxygen atoms in total. The summed E-state index contributed by atoms with van der Waals surface area (Å²) < 4.78 is 15.7. The molecular weight excluding hydrogens is 280 g/mol.